The predicted molar refractivity (Wildman–Crippen MR) is 83.5 cm³/mol. The molecule has 6 nitrogen and oxygen atoms in total. The summed E-state index contributed by atoms with van der Waals surface area (Å²) in [6.07, 6.45) is 0.622. The minimum absolute atomic E-state index is 0.388. The van der Waals surface area contributed by atoms with Crippen molar-refractivity contribution in [3.63, 3.8) is 0 Å². The Morgan fingerprint density at radius 3 is 2.43 bits per heavy atom. The molecule has 1 aromatic carbocycles. The molecule has 2 rings (SSSR count). The van der Waals surface area contributed by atoms with Gasteiger partial charge in [-0.2, -0.15) is 12.7 Å². The molecule has 1 fully saturated rings. The summed E-state index contributed by atoms with van der Waals surface area (Å²) in [6.45, 7) is 4.50. The summed E-state index contributed by atoms with van der Waals surface area (Å²) in [5, 5.41) is 0. The van der Waals surface area contributed by atoms with Gasteiger partial charge < -0.3 is 10.5 Å². The molecule has 0 unspecified atom stereocenters. The molecule has 0 spiro atoms. The molecule has 2 N–H and O–H groups in total. The summed E-state index contributed by atoms with van der Waals surface area (Å²) in [5.74, 6) is 0. The molecule has 0 aliphatic carbocycles. The molecule has 0 atom stereocenters. The van der Waals surface area contributed by atoms with Gasteiger partial charge in [0.25, 0.3) is 0 Å². The van der Waals surface area contributed by atoms with Crippen LogP contribution in [0.5, 0.6) is 0 Å². The van der Waals surface area contributed by atoms with Crippen LogP contribution in [0.2, 0.25) is 0 Å². The van der Waals surface area contributed by atoms with Crippen LogP contribution in [0.15, 0.2) is 24.3 Å². The normalized spacial score (nSPS) is 16.9. The maximum atomic E-state index is 12.8. The molecule has 0 saturated carbocycles. The van der Waals surface area contributed by atoms with Gasteiger partial charge in [0.05, 0.1) is 18.9 Å². The highest BCUT2D eigenvalue weighted by molar-refractivity contribution is 7.90. The molecule has 0 radical (unpaired) electrons. The van der Waals surface area contributed by atoms with Crippen LogP contribution >= 0.6 is 0 Å². The van der Waals surface area contributed by atoms with Crippen molar-refractivity contribution < 1.29 is 13.2 Å². The molecule has 1 aliphatic heterocycles. The summed E-state index contributed by atoms with van der Waals surface area (Å²) < 4.78 is 33.8. The van der Waals surface area contributed by atoms with Crippen molar-refractivity contribution in [2.45, 2.75) is 13.3 Å². The molecule has 0 aromatic heterocycles. The average Bonchev–Trinajstić information content (AvgIpc) is 2.50. The van der Waals surface area contributed by atoms with Crippen LogP contribution in [-0.2, 0) is 14.9 Å². The van der Waals surface area contributed by atoms with E-state index in [0.29, 0.717) is 51.5 Å². The highest BCUT2D eigenvalue weighted by Crippen LogP contribution is 2.22. The molecular weight excluding hydrogens is 290 g/mol. The first-order valence-electron chi connectivity index (χ1n) is 7.18. The number of ether oxygens (including phenoxy) is 1. The lowest BCUT2D eigenvalue weighted by molar-refractivity contribution is 0.0729. The number of anilines is 1. The summed E-state index contributed by atoms with van der Waals surface area (Å²) in [6, 6.07) is 7.51. The summed E-state index contributed by atoms with van der Waals surface area (Å²) in [7, 11) is -3.53. The first kappa shape index (κ1) is 16.2. The van der Waals surface area contributed by atoms with Gasteiger partial charge in [-0.15, -0.1) is 0 Å². The first-order valence-corrected chi connectivity index (χ1v) is 8.57. The fraction of sp³-hybridized carbons (Fsp3) is 0.571. The SMILES string of the molecule is Cc1ccc(N(CCCN)S(=O)(=O)N2CCOCC2)cc1. The van der Waals surface area contributed by atoms with Crippen molar-refractivity contribution in [3.8, 4) is 0 Å². The number of aryl methyl sites for hydroxylation is 1. The maximum Gasteiger partial charge on any atom is 0.304 e. The lowest BCUT2D eigenvalue weighted by Gasteiger charge is -2.33. The number of nitrogens with zero attached hydrogens (tertiary/aromatic N) is 2. The fourth-order valence-electron chi connectivity index (χ4n) is 2.24. The van der Waals surface area contributed by atoms with Gasteiger partial charge in [0.2, 0.25) is 0 Å². The predicted octanol–water partition coefficient (Wildman–Crippen LogP) is 0.727. The minimum Gasteiger partial charge on any atom is -0.379 e. The molecule has 1 heterocycles. The Hall–Kier alpha value is -1.15. The Morgan fingerprint density at radius 1 is 1.24 bits per heavy atom. The average molecular weight is 313 g/mol. The van der Waals surface area contributed by atoms with Gasteiger partial charge >= 0.3 is 10.2 Å². The van der Waals surface area contributed by atoms with Crippen LogP contribution in [0.4, 0.5) is 5.69 Å². The Balaban J connectivity index is 2.27. The third-order valence-corrected chi connectivity index (χ3v) is 5.43. The Bertz CT molecular complexity index is 539. The Labute approximate surface area is 126 Å². The van der Waals surface area contributed by atoms with Gasteiger partial charge in [-0.05, 0) is 32.0 Å². The van der Waals surface area contributed by atoms with Crippen LogP contribution in [0.3, 0.4) is 0 Å². The van der Waals surface area contributed by atoms with E-state index >= 15 is 0 Å². The topological polar surface area (TPSA) is 75.9 Å². The zero-order valence-corrected chi connectivity index (χ0v) is 13.2. The molecule has 1 aliphatic rings. The molecule has 21 heavy (non-hydrogen) atoms. The van der Waals surface area contributed by atoms with E-state index in [1.165, 1.54) is 8.61 Å². The molecular formula is C14H23N3O3S. The molecule has 1 aromatic rings. The zero-order valence-electron chi connectivity index (χ0n) is 12.4. The van der Waals surface area contributed by atoms with E-state index in [1.807, 2.05) is 31.2 Å². The number of hydrogen-bond acceptors (Lipinski definition) is 4. The minimum atomic E-state index is -3.53. The lowest BCUT2D eigenvalue weighted by atomic mass is 10.2. The third-order valence-electron chi connectivity index (χ3n) is 3.46. The molecule has 0 amide bonds. The van der Waals surface area contributed by atoms with E-state index in [4.69, 9.17) is 10.5 Å². The van der Waals surface area contributed by atoms with Gasteiger partial charge in [0.15, 0.2) is 0 Å². The smallest absolute Gasteiger partial charge is 0.304 e. The van der Waals surface area contributed by atoms with Crippen LogP contribution in [-0.4, -0.2) is 52.1 Å². The lowest BCUT2D eigenvalue weighted by Crippen LogP contribution is -2.49. The van der Waals surface area contributed by atoms with E-state index in [1.54, 1.807) is 0 Å². The van der Waals surface area contributed by atoms with E-state index in [2.05, 4.69) is 0 Å². The van der Waals surface area contributed by atoms with Crippen LogP contribution < -0.4 is 10.0 Å². The third kappa shape index (κ3) is 3.94. The van der Waals surface area contributed by atoms with Crippen LogP contribution in [0.1, 0.15) is 12.0 Å². The molecule has 0 bridgehead atoms. The first-order chi connectivity index (χ1) is 10.1. The number of benzene rings is 1. The standard InChI is InChI=1S/C14H23N3O3S/c1-13-3-5-14(6-4-13)17(8-2-7-15)21(18,19)16-9-11-20-12-10-16/h3-6H,2,7-12,15H2,1H3. The van der Waals surface area contributed by atoms with Crippen molar-refractivity contribution in [1.29, 1.82) is 0 Å². The molecule has 1 saturated heterocycles. The second kappa shape index (κ2) is 7.22. The number of rotatable bonds is 6. The monoisotopic (exact) mass is 313 g/mol. The van der Waals surface area contributed by atoms with E-state index in [9.17, 15) is 8.42 Å². The van der Waals surface area contributed by atoms with Gasteiger partial charge in [-0.3, -0.25) is 4.31 Å². The zero-order chi connectivity index (χ0) is 15.3. The second-order valence-electron chi connectivity index (χ2n) is 5.07. The van der Waals surface area contributed by atoms with Crippen molar-refractivity contribution >= 4 is 15.9 Å². The second-order valence-corrected chi connectivity index (χ2v) is 6.92. The molecule has 118 valence electrons. The fourth-order valence-corrected chi connectivity index (χ4v) is 3.88. The van der Waals surface area contributed by atoms with Crippen molar-refractivity contribution in [2.24, 2.45) is 5.73 Å². The Morgan fingerprint density at radius 2 is 1.86 bits per heavy atom. The summed E-state index contributed by atoms with van der Waals surface area (Å²) in [4.78, 5) is 0. The number of hydrogen-bond donors (Lipinski definition) is 1. The highest BCUT2D eigenvalue weighted by atomic mass is 32.2. The molecule has 7 heteroatoms. The van der Waals surface area contributed by atoms with Gasteiger partial charge in [0, 0.05) is 19.6 Å². The Kier molecular flexibility index (Phi) is 5.58. The number of morpholine rings is 1. The van der Waals surface area contributed by atoms with E-state index in [0.717, 1.165) is 5.56 Å². The van der Waals surface area contributed by atoms with E-state index < -0.39 is 10.2 Å². The van der Waals surface area contributed by atoms with Crippen molar-refractivity contribution in [3.05, 3.63) is 29.8 Å². The van der Waals surface area contributed by atoms with Crippen molar-refractivity contribution in [1.82, 2.24) is 4.31 Å². The maximum absolute atomic E-state index is 12.8. The summed E-state index contributed by atoms with van der Waals surface area (Å²) >= 11 is 0. The largest absolute Gasteiger partial charge is 0.379 e. The highest BCUT2D eigenvalue weighted by Gasteiger charge is 2.30. The van der Waals surface area contributed by atoms with Gasteiger partial charge in [0.1, 0.15) is 0 Å². The number of nitrogens with two attached hydrogens (primary N) is 1. The van der Waals surface area contributed by atoms with Gasteiger partial charge in [-0.25, -0.2) is 0 Å². The quantitative estimate of drug-likeness (QED) is 0.840. The van der Waals surface area contributed by atoms with E-state index in [-0.39, 0.29) is 0 Å². The van der Waals surface area contributed by atoms with Crippen molar-refractivity contribution in [2.75, 3.05) is 43.7 Å². The van der Waals surface area contributed by atoms with Crippen LogP contribution in [0, 0.1) is 6.92 Å². The van der Waals surface area contributed by atoms with Gasteiger partial charge in [-0.1, -0.05) is 17.7 Å². The summed E-state index contributed by atoms with van der Waals surface area (Å²) in [5.41, 5.74) is 7.33. The van der Waals surface area contributed by atoms with Crippen LogP contribution in [0.25, 0.3) is 0 Å².